The minimum Gasteiger partial charge on any atom is -0.355 e. The molecule has 2 heterocycles. The van der Waals surface area contributed by atoms with E-state index in [0.29, 0.717) is 0 Å². The summed E-state index contributed by atoms with van der Waals surface area (Å²) in [4.78, 5) is 9.76. The summed E-state index contributed by atoms with van der Waals surface area (Å²) in [5.41, 5.74) is 2.41. The Balaban J connectivity index is 1.33. The molecule has 5 aromatic rings. The second-order valence-electron chi connectivity index (χ2n) is 11.0. The van der Waals surface area contributed by atoms with Crippen LogP contribution < -0.4 is 31.0 Å². The van der Waals surface area contributed by atoms with Gasteiger partial charge in [0.25, 0.3) is 0 Å². The highest BCUT2D eigenvalue weighted by atomic mass is 31.1. The molecule has 44 heavy (non-hydrogen) atoms. The normalized spacial score (nSPS) is 17.8. The lowest BCUT2D eigenvalue weighted by molar-refractivity contribution is 0.452. The van der Waals surface area contributed by atoms with Crippen molar-refractivity contribution in [1.29, 1.82) is 0 Å². The Morgan fingerprint density at radius 1 is 0.364 bits per heavy atom. The van der Waals surface area contributed by atoms with Crippen molar-refractivity contribution < 1.29 is 0 Å². The monoisotopic (exact) mass is 610 g/mol. The van der Waals surface area contributed by atoms with Crippen LogP contribution in [0.3, 0.4) is 0 Å². The maximum atomic E-state index is 2.50. The van der Waals surface area contributed by atoms with Gasteiger partial charge in [0.1, 0.15) is 11.8 Å². The van der Waals surface area contributed by atoms with Crippen LogP contribution in [0.2, 0.25) is 0 Å². The van der Waals surface area contributed by atoms with Crippen LogP contribution in [-0.2, 0) is 0 Å². The van der Waals surface area contributed by atoms with Crippen molar-refractivity contribution in [2.24, 2.45) is 0 Å². The maximum Gasteiger partial charge on any atom is 0.133 e. The molecule has 0 bridgehead atoms. The number of para-hydroxylation sites is 2. The van der Waals surface area contributed by atoms with Crippen LogP contribution in [0.25, 0.3) is 0 Å². The molecule has 0 saturated carbocycles. The first kappa shape index (κ1) is 28.4. The Labute approximate surface area is 263 Å². The summed E-state index contributed by atoms with van der Waals surface area (Å²) < 4.78 is 0. The molecule has 0 aliphatic carbocycles. The van der Waals surface area contributed by atoms with Crippen LogP contribution in [0.15, 0.2) is 170 Å². The fraction of sp³-hybridized carbons (Fsp3) is 0.105. The molecular formula is C38H36N4P2. The Bertz CT molecular complexity index is 1520. The van der Waals surface area contributed by atoms with Crippen molar-refractivity contribution in [3.8, 4) is 0 Å². The van der Waals surface area contributed by atoms with Gasteiger partial charge in [0.05, 0.1) is 11.4 Å². The van der Waals surface area contributed by atoms with Gasteiger partial charge >= 0.3 is 0 Å². The van der Waals surface area contributed by atoms with Crippen LogP contribution in [0, 0.1) is 0 Å². The van der Waals surface area contributed by atoms with Crippen molar-refractivity contribution in [2.45, 2.75) is 11.8 Å². The molecule has 7 rings (SSSR count). The van der Waals surface area contributed by atoms with E-state index in [2.05, 4.69) is 204 Å². The van der Waals surface area contributed by atoms with E-state index in [-0.39, 0.29) is 11.8 Å². The zero-order valence-electron chi connectivity index (χ0n) is 25.0. The SMILES string of the molecule is CN1C=CN(c2ccccc2N2C=CN(C)C2P(c2ccccc2)c2ccccc2)C1P(c1ccccc1)c1ccccc1. The van der Waals surface area contributed by atoms with Crippen molar-refractivity contribution in [2.75, 3.05) is 23.9 Å². The van der Waals surface area contributed by atoms with Gasteiger partial charge in [-0.1, -0.05) is 133 Å². The quantitative estimate of drug-likeness (QED) is 0.176. The third-order valence-corrected chi connectivity index (χ3v) is 13.8. The van der Waals surface area contributed by atoms with Gasteiger partial charge in [-0.15, -0.1) is 0 Å². The van der Waals surface area contributed by atoms with E-state index in [1.54, 1.807) is 0 Å². The molecular weight excluding hydrogens is 574 g/mol. The minimum absolute atomic E-state index is 0.128. The zero-order chi connectivity index (χ0) is 29.9. The van der Waals surface area contributed by atoms with Crippen LogP contribution in [0.1, 0.15) is 0 Å². The predicted molar refractivity (Wildman–Crippen MR) is 191 cm³/mol. The standard InChI is InChI=1S/C38H36N4P2/c1-39-27-29-41(37(39)43(31-17-7-3-8-18-31)32-19-9-4-10-20-32)35-25-15-16-26-36(35)42-30-28-40(2)38(42)44(33-21-11-5-12-22-33)34-23-13-6-14-24-34/h3-30,37-38H,1-2H3. The Morgan fingerprint density at radius 3 is 0.932 bits per heavy atom. The summed E-state index contributed by atoms with van der Waals surface area (Å²) in [6.45, 7) is 0. The molecule has 0 spiro atoms. The molecule has 0 aromatic heterocycles. The fourth-order valence-corrected chi connectivity index (χ4v) is 11.6. The summed E-state index contributed by atoms with van der Waals surface area (Å²) in [6.07, 6.45) is 8.99. The molecule has 5 aromatic carbocycles. The summed E-state index contributed by atoms with van der Waals surface area (Å²) in [7, 11) is 2.95. The number of hydrogen-bond acceptors (Lipinski definition) is 4. The second-order valence-corrected chi connectivity index (χ2v) is 15.5. The molecule has 4 nitrogen and oxygen atoms in total. The average Bonchev–Trinajstić information content (AvgIpc) is 3.65. The Hall–Kier alpha value is -4.36. The fourth-order valence-electron chi connectivity index (χ4n) is 6.16. The summed E-state index contributed by atoms with van der Waals surface area (Å²) in [6, 6.07) is 53.0. The summed E-state index contributed by atoms with van der Waals surface area (Å²) in [5, 5.41) is 5.47. The smallest absolute Gasteiger partial charge is 0.133 e. The summed E-state index contributed by atoms with van der Waals surface area (Å²) >= 11 is 0. The molecule has 6 heteroatoms. The van der Waals surface area contributed by atoms with Gasteiger partial charge in [0.2, 0.25) is 0 Å². The molecule has 0 N–H and O–H groups in total. The van der Waals surface area contributed by atoms with Gasteiger partial charge in [-0.05, 0) is 33.4 Å². The van der Waals surface area contributed by atoms with Gasteiger partial charge in [0, 0.05) is 54.7 Å². The van der Waals surface area contributed by atoms with Crippen LogP contribution in [0.5, 0.6) is 0 Å². The number of benzene rings is 5. The highest BCUT2D eigenvalue weighted by Gasteiger charge is 2.39. The minimum atomic E-state index is -0.737. The van der Waals surface area contributed by atoms with Crippen LogP contribution in [0.4, 0.5) is 11.4 Å². The third-order valence-electron chi connectivity index (χ3n) is 8.19. The van der Waals surface area contributed by atoms with Gasteiger partial charge in [-0.25, -0.2) is 0 Å². The molecule has 0 radical (unpaired) electrons. The van der Waals surface area contributed by atoms with Gasteiger partial charge in [-0.2, -0.15) is 0 Å². The highest BCUT2D eigenvalue weighted by molar-refractivity contribution is 7.74. The van der Waals surface area contributed by atoms with Crippen LogP contribution in [-0.4, -0.2) is 35.7 Å². The predicted octanol–water partition coefficient (Wildman–Crippen LogP) is 6.97. The molecule has 0 saturated heterocycles. The van der Waals surface area contributed by atoms with E-state index in [9.17, 15) is 0 Å². The van der Waals surface area contributed by atoms with Crippen LogP contribution >= 0.6 is 15.8 Å². The Morgan fingerprint density at radius 2 is 0.636 bits per heavy atom. The Kier molecular flexibility index (Phi) is 8.20. The van der Waals surface area contributed by atoms with Crippen molar-refractivity contribution in [1.82, 2.24) is 9.80 Å². The first-order chi connectivity index (χ1) is 21.7. The van der Waals surface area contributed by atoms with E-state index < -0.39 is 15.8 Å². The van der Waals surface area contributed by atoms with Gasteiger partial charge < -0.3 is 19.6 Å². The van der Waals surface area contributed by atoms with Gasteiger partial charge in [0.15, 0.2) is 0 Å². The molecule has 0 amide bonds. The molecule has 0 fully saturated rings. The summed E-state index contributed by atoms with van der Waals surface area (Å²) in [5.74, 6) is 0.256. The average molecular weight is 611 g/mol. The maximum absolute atomic E-state index is 2.50. The lowest BCUT2D eigenvalue weighted by Gasteiger charge is -2.41. The molecule has 2 aliphatic heterocycles. The molecule has 2 aliphatic rings. The first-order valence-corrected chi connectivity index (χ1v) is 17.8. The van der Waals surface area contributed by atoms with E-state index in [1.165, 1.54) is 32.6 Å². The number of nitrogens with zero attached hydrogens (tertiary/aromatic N) is 4. The van der Waals surface area contributed by atoms with Gasteiger partial charge in [-0.3, -0.25) is 0 Å². The highest BCUT2D eigenvalue weighted by Crippen LogP contribution is 2.51. The lowest BCUT2D eigenvalue weighted by atomic mass is 10.2. The van der Waals surface area contributed by atoms with Crippen molar-refractivity contribution >= 4 is 48.4 Å². The lowest BCUT2D eigenvalue weighted by Crippen LogP contribution is -2.42. The molecule has 218 valence electrons. The van der Waals surface area contributed by atoms with Crippen molar-refractivity contribution in [3.63, 3.8) is 0 Å². The van der Waals surface area contributed by atoms with E-state index in [0.717, 1.165) is 0 Å². The number of anilines is 2. The molecule has 2 unspecified atom stereocenters. The number of rotatable bonds is 8. The molecule has 2 atom stereocenters. The largest absolute Gasteiger partial charge is 0.355 e. The van der Waals surface area contributed by atoms with E-state index in [1.807, 2.05) is 0 Å². The first-order valence-electron chi connectivity index (χ1n) is 15.0. The van der Waals surface area contributed by atoms with E-state index in [4.69, 9.17) is 0 Å². The second kappa shape index (κ2) is 12.7. The van der Waals surface area contributed by atoms with Crippen molar-refractivity contribution in [3.05, 3.63) is 170 Å². The topological polar surface area (TPSA) is 13.0 Å². The zero-order valence-corrected chi connectivity index (χ0v) is 26.8. The van der Waals surface area contributed by atoms with E-state index >= 15 is 0 Å². The number of hydrogen-bond donors (Lipinski definition) is 0. The third kappa shape index (κ3) is 5.41.